The first kappa shape index (κ1) is 13.2. The van der Waals surface area contributed by atoms with E-state index in [9.17, 15) is 0 Å². The van der Waals surface area contributed by atoms with Crippen molar-refractivity contribution >= 4 is 11.4 Å². The Bertz CT molecular complexity index is 412. The lowest BCUT2D eigenvalue weighted by molar-refractivity contribution is 0.318. The number of nitrogens with zero attached hydrogens (tertiary/aromatic N) is 2. The fourth-order valence-electron chi connectivity index (χ4n) is 2.47. The van der Waals surface area contributed by atoms with Crippen LogP contribution in [0.25, 0.3) is 0 Å². The summed E-state index contributed by atoms with van der Waals surface area (Å²) < 4.78 is 0. The topological polar surface area (TPSA) is 18.5 Å². The van der Waals surface area contributed by atoms with Gasteiger partial charge in [-0.25, -0.2) is 0 Å². The van der Waals surface area contributed by atoms with Gasteiger partial charge in [0.05, 0.1) is 0 Å². The van der Waals surface area contributed by atoms with Crippen LogP contribution < -0.4 is 15.1 Å². The van der Waals surface area contributed by atoms with E-state index in [-0.39, 0.29) is 5.54 Å². The molecule has 18 heavy (non-hydrogen) atoms. The molecular formula is C15H25N3. The van der Waals surface area contributed by atoms with Gasteiger partial charge in [-0.1, -0.05) is 6.07 Å². The molecule has 0 bridgehead atoms. The van der Waals surface area contributed by atoms with Crippen molar-refractivity contribution in [1.29, 1.82) is 0 Å². The van der Waals surface area contributed by atoms with Gasteiger partial charge in [-0.15, -0.1) is 0 Å². The van der Waals surface area contributed by atoms with Crippen molar-refractivity contribution < 1.29 is 0 Å². The Morgan fingerprint density at radius 3 is 2.72 bits per heavy atom. The summed E-state index contributed by atoms with van der Waals surface area (Å²) in [5.41, 5.74) is 2.76. The maximum absolute atomic E-state index is 3.59. The zero-order chi connectivity index (χ0) is 13.3. The third-order valence-electron chi connectivity index (χ3n) is 3.65. The third-order valence-corrected chi connectivity index (χ3v) is 3.65. The molecule has 0 aromatic heterocycles. The van der Waals surface area contributed by atoms with E-state index in [0.29, 0.717) is 6.04 Å². The van der Waals surface area contributed by atoms with Crippen molar-refractivity contribution in [3.05, 3.63) is 24.3 Å². The maximum Gasteiger partial charge on any atom is 0.0390 e. The van der Waals surface area contributed by atoms with Gasteiger partial charge in [0.15, 0.2) is 0 Å². The summed E-state index contributed by atoms with van der Waals surface area (Å²) in [6.07, 6.45) is 0. The van der Waals surface area contributed by atoms with Gasteiger partial charge in [0, 0.05) is 50.1 Å². The summed E-state index contributed by atoms with van der Waals surface area (Å²) in [5, 5.41) is 3.59. The number of hydrogen-bond donors (Lipinski definition) is 1. The standard InChI is InChI=1S/C15H25N3/c1-12-10-16-15(2,3)11-18(12)14-8-6-7-13(9-14)17(4)5/h6-9,12,16H,10-11H2,1-5H3. The molecule has 2 rings (SSSR count). The molecule has 3 nitrogen and oxygen atoms in total. The second kappa shape index (κ2) is 4.81. The summed E-state index contributed by atoms with van der Waals surface area (Å²) in [7, 11) is 4.18. The number of hydrogen-bond acceptors (Lipinski definition) is 3. The van der Waals surface area contributed by atoms with E-state index in [1.54, 1.807) is 0 Å². The quantitative estimate of drug-likeness (QED) is 0.865. The van der Waals surface area contributed by atoms with Crippen molar-refractivity contribution in [2.24, 2.45) is 0 Å². The van der Waals surface area contributed by atoms with Crippen LogP contribution in [0.5, 0.6) is 0 Å². The summed E-state index contributed by atoms with van der Waals surface area (Å²) >= 11 is 0. The second-order valence-corrected chi connectivity index (χ2v) is 6.16. The van der Waals surface area contributed by atoms with Crippen LogP contribution in [-0.2, 0) is 0 Å². The summed E-state index contributed by atoms with van der Waals surface area (Å²) in [6.45, 7) is 8.90. The molecule has 1 aromatic rings. The fraction of sp³-hybridized carbons (Fsp3) is 0.600. The Morgan fingerprint density at radius 2 is 2.06 bits per heavy atom. The molecule has 1 fully saturated rings. The largest absolute Gasteiger partial charge is 0.378 e. The highest BCUT2D eigenvalue weighted by Gasteiger charge is 2.30. The molecule has 1 aromatic carbocycles. The molecule has 0 radical (unpaired) electrons. The molecule has 100 valence electrons. The average molecular weight is 247 g/mol. The van der Waals surface area contributed by atoms with E-state index >= 15 is 0 Å². The highest BCUT2D eigenvalue weighted by Crippen LogP contribution is 2.26. The Kier molecular flexibility index (Phi) is 3.53. The normalized spacial score (nSPS) is 22.9. The van der Waals surface area contributed by atoms with Crippen molar-refractivity contribution in [2.45, 2.75) is 32.4 Å². The van der Waals surface area contributed by atoms with Gasteiger partial charge in [-0.2, -0.15) is 0 Å². The molecule has 0 spiro atoms. The molecule has 1 unspecified atom stereocenters. The Labute approximate surface area is 111 Å². The van der Waals surface area contributed by atoms with Crippen molar-refractivity contribution in [3.63, 3.8) is 0 Å². The molecule has 0 amide bonds. The predicted octanol–water partition coefficient (Wildman–Crippen LogP) is 2.33. The van der Waals surface area contributed by atoms with Gasteiger partial charge >= 0.3 is 0 Å². The maximum atomic E-state index is 3.59. The second-order valence-electron chi connectivity index (χ2n) is 6.16. The number of benzene rings is 1. The van der Waals surface area contributed by atoms with E-state index in [1.165, 1.54) is 11.4 Å². The van der Waals surface area contributed by atoms with Crippen molar-refractivity contribution in [3.8, 4) is 0 Å². The van der Waals surface area contributed by atoms with Crippen LogP contribution in [0.2, 0.25) is 0 Å². The number of anilines is 2. The van der Waals surface area contributed by atoms with Crippen LogP contribution >= 0.6 is 0 Å². The van der Waals surface area contributed by atoms with E-state index in [4.69, 9.17) is 0 Å². The summed E-state index contributed by atoms with van der Waals surface area (Å²) in [4.78, 5) is 4.66. The Morgan fingerprint density at radius 1 is 1.33 bits per heavy atom. The smallest absolute Gasteiger partial charge is 0.0390 e. The monoisotopic (exact) mass is 247 g/mol. The lowest BCUT2D eigenvalue weighted by Crippen LogP contribution is -2.61. The molecule has 1 saturated heterocycles. The molecule has 1 heterocycles. The van der Waals surface area contributed by atoms with E-state index < -0.39 is 0 Å². The van der Waals surface area contributed by atoms with Crippen LogP contribution in [-0.4, -0.2) is 38.8 Å². The van der Waals surface area contributed by atoms with Crippen LogP contribution in [0.4, 0.5) is 11.4 Å². The zero-order valence-electron chi connectivity index (χ0n) is 12.2. The van der Waals surface area contributed by atoms with E-state index in [2.05, 4.69) is 74.2 Å². The van der Waals surface area contributed by atoms with Gasteiger partial charge in [0.1, 0.15) is 0 Å². The number of rotatable bonds is 2. The van der Waals surface area contributed by atoms with Crippen molar-refractivity contribution in [2.75, 3.05) is 37.0 Å². The van der Waals surface area contributed by atoms with Crippen molar-refractivity contribution in [1.82, 2.24) is 5.32 Å². The first-order valence-corrected chi connectivity index (χ1v) is 6.68. The minimum absolute atomic E-state index is 0.181. The van der Waals surface area contributed by atoms with Crippen LogP contribution in [0.3, 0.4) is 0 Å². The minimum atomic E-state index is 0.181. The molecular weight excluding hydrogens is 222 g/mol. The summed E-state index contributed by atoms with van der Waals surface area (Å²) in [6, 6.07) is 9.33. The van der Waals surface area contributed by atoms with E-state index in [1.807, 2.05) is 0 Å². The lowest BCUT2D eigenvalue weighted by Gasteiger charge is -2.45. The van der Waals surface area contributed by atoms with Gasteiger partial charge in [-0.3, -0.25) is 0 Å². The van der Waals surface area contributed by atoms with Gasteiger partial charge in [0.2, 0.25) is 0 Å². The molecule has 3 heteroatoms. The highest BCUT2D eigenvalue weighted by atomic mass is 15.2. The third kappa shape index (κ3) is 2.78. The SMILES string of the molecule is CC1CNC(C)(C)CN1c1cccc(N(C)C)c1. The van der Waals surface area contributed by atoms with Gasteiger partial charge < -0.3 is 15.1 Å². The van der Waals surface area contributed by atoms with E-state index in [0.717, 1.165) is 13.1 Å². The molecule has 1 N–H and O–H groups in total. The predicted molar refractivity (Wildman–Crippen MR) is 79.7 cm³/mol. The Hall–Kier alpha value is -1.22. The molecule has 0 saturated carbocycles. The lowest BCUT2D eigenvalue weighted by atomic mass is 9.98. The number of piperazine rings is 1. The van der Waals surface area contributed by atoms with Gasteiger partial charge in [0.25, 0.3) is 0 Å². The average Bonchev–Trinajstić information content (AvgIpc) is 2.32. The summed E-state index contributed by atoms with van der Waals surface area (Å²) in [5.74, 6) is 0. The number of nitrogens with one attached hydrogen (secondary N) is 1. The fourth-order valence-corrected chi connectivity index (χ4v) is 2.47. The minimum Gasteiger partial charge on any atom is -0.378 e. The molecule has 0 aliphatic carbocycles. The van der Waals surface area contributed by atoms with Crippen LogP contribution in [0, 0.1) is 0 Å². The molecule has 1 aliphatic heterocycles. The molecule has 1 aliphatic rings. The Balaban J connectivity index is 2.26. The molecule has 1 atom stereocenters. The van der Waals surface area contributed by atoms with Crippen LogP contribution in [0.15, 0.2) is 24.3 Å². The van der Waals surface area contributed by atoms with Gasteiger partial charge in [-0.05, 0) is 39.0 Å². The van der Waals surface area contributed by atoms with Crippen LogP contribution in [0.1, 0.15) is 20.8 Å². The highest BCUT2D eigenvalue weighted by molar-refractivity contribution is 5.59. The first-order valence-electron chi connectivity index (χ1n) is 6.68. The zero-order valence-corrected chi connectivity index (χ0v) is 12.2. The first-order chi connectivity index (χ1) is 8.39.